The Labute approximate surface area is 43.0 Å². The van der Waals surface area contributed by atoms with Gasteiger partial charge < -0.3 is 4.55 Å². The molecule has 1 aliphatic rings. The van der Waals surface area contributed by atoms with Gasteiger partial charge >= 0.3 is 0 Å². The van der Waals surface area contributed by atoms with Crippen molar-refractivity contribution in [1.29, 1.82) is 0 Å². The van der Waals surface area contributed by atoms with E-state index in [-0.39, 0.29) is 6.42 Å². The molecule has 0 radical (unpaired) electrons. The number of alkyl halides is 1. The number of hydrogen-bond donors (Lipinski definition) is 0. The molecule has 1 fully saturated rings. The fraction of sp³-hybridized carbons (Fsp3) is 1.00. The van der Waals surface area contributed by atoms with Gasteiger partial charge in [0.15, 0.2) is 0 Å². The lowest BCUT2D eigenvalue weighted by atomic mass is 10.9. The third-order valence-electron chi connectivity index (χ3n) is 0.905. The molecule has 0 N–H and O–H groups in total. The molecule has 0 bridgehead atoms. The van der Waals surface area contributed by atoms with Crippen LogP contribution in [0.1, 0.15) is 6.42 Å². The fourth-order valence-electron chi connectivity index (χ4n) is 0.342. The topological polar surface area (TPSA) is 40.1 Å². The summed E-state index contributed by atoms with van der Waals surface area (Å²) in [6.07, 6.45) is -0.867. The molecule has 0 spiro atoms. The third-order valence-corrected chi connectivity index (χ3v) is 1.89. The lowest BCUT2D eigenvalue weighted by Gasteiger charge is -1.97. The van der Waals surface area contributed by atoms with Crippen LogP contribution in [0.25, 0.3) is 0 Å². The summed E-state index contributed by atoms with van der Waals surface area (Å²) in [6, 6.07) is 0. The zero-order valence-corrected chi connectivity index (χ0v) is 4.28. The summed E-state index contributed by atoms with van der Waals surface area (Å²) in [5, 5.41) is -0.681. The van der Waals surface area contributed by atoms with Crippen LogP contribution in [0, 0.1) is 0 Å². The molecule has 0 aliphatic heterocycles. The molecular formula is C3H4FO2S-. The normalized spacial score (nSPS) is 43.1. The second-order valence-electron chi connectivity index (χ2n) is 1.55. The Balaban J connectivity index is 2.33. The molecule has 0 aromatic rings. The quantitative estimate of drug-likeness (QED) is 0.459. The average molecular weight is 123 g/mol. The number of hydrogen-bond acceptors (Lipinski definition) is 2. The van der Waals surface area contributed by atoms with Crippen LogP contribution in [0.4, 0.5) is 4.39 Å². The van der Waals surface area contributed by atoms with Crippen molar-refractivity contribution in [2.24, 2.45) is 0 Å². The lowest BCUT2D eigenvalue weighted by Crippen LogP contribution is -1.96. The molecule has 0 aromatic heterocycles. The van der Waals surface area contributed by atoms with E-state index in [0.717, 1.165) is 0 Å². The van der Waals surface area contributed by atoms with E-state index in [1.165, 1.54) is 0 Å². The fourth-order valence-corrected chi connectivity index (χ4v) is 0.925. The number of rotatable bonds is 1. The summed E-state index contributed by atoms with van der Waals surface area (Å²) >= 11 is -2.16. The molecule has 2 nitrogen and oxygen atoms in total. The molecule has 1 saturated carbocycles. The molecule has 1 unspecified atom stereocenters. The van der Waals surface area contributed by atoms with Crippen molar-refractivity contribution in [2.75, 3.05) is 0 Å². The Morgan fingerprint density at radius 3 is 2.29 bits per heavy atom. The molecule has 0 amide bonds. The van der Waals surface area contributed by atoms with Crippen LogP contribution < -0.4 is 0 Å². The van der Waals surface area contributed by atoms with E-state index in [9.17, 15) is 13.2 Å². The van der Waals surface area contributed by atoms with Gasteiger partial charge in [-0.2, -0.15) is 0 Å². The molecule has 4 heteroatoms. The lowest BCUT2D eigenvalue weighted by molar-refractivity contribution is 0.471. The highest BCUT2D eigenvalue weighted by atomic mass is 32.2. The molecule has 0 saturated heterocycles. The van der Waals surface area contributed by atoms with E-state index in [0.29, 0.717) is 0 Å². The van der Waals surface area contributed by atoms with Gasteiger partial charge in [-0.1, -0.05) is 0 Å². The summed E-state index contributed by atoms with van der Waals surface area (Å²) in [6.45, 7) is 0. The zero-order chi connectivity index (χ0) is 5.44. The highest BCUT2D eigenvalue weighted by Crippen LogP contribution is 2.29. The van der Waals surface area contributed by atoms with Gasteiger partial charge in [0.2, 0.25) is 0 Å². The molecule has 0 heterocycles. The Morgan fingerprint density at radius 1 is 1.86 bits per heavy atom. The standard InChI is InChI=1S/C3H5FO2S/c4-2-1-3(2)7(5)6/h2-3H,1H2,(H,5,6)/p-1/t2-,3-/m1/s1. The van der Waals surface area contributed by atoms with Gasteiger partial charge in [0, 0.05) is 0 Å². The zero-order valence-electron chi connectivity index (χ0n) is 3.46. The van der Waals surface area contributed by atoms with E-state index in [1.54, 1.807) is 0 Å². The van der Waals surface area contributed by atoms with E-state index >= 15 is 0 Å². The van der Waals surface area contributed by atoms with Gasteiger partial charge in [0.1, 0.15) is 6.17 Å². The molecule has 3 atom stereocenters. The monoisotopic (exact) mass is 123 g/mol. The van der Waals surface area contributed by atoms with Crippen LogP contribution >= 0.6 is 0 Å². The molecular weight excluding hydrogens is 119 g/mol. The second-order valence-corrected chi connectivity index (χ2v) is 2.68. The van der Waals surface area contributed by atoms with Gasteiger partial charge in [0.25, 0.3) is 0 Å². The second kappa shape index (κ2) is 1.52. The van der Waals surface area contributed by atoms with Gasteiger partial charge in [-0.25, -0.2) is 4.39 Å². The summed E-state index contributed by atoms with van der Waals surface area (Å²) in [5.74, 6) is 0. The van der Waals surface area contributed by atoms with Crippen molar-refractivity contribution in [3.05, 3.63) is 0 Å². The van der Waals surface area contributed by atoms with Crippen molar-refractivity contribution >= 4 is 11.1 Å². The van der Waals surface area contributed by atoms with E-state index in [1.807, 2.05) is 0 Å². The Kier molecular flexibility index (Phi) is 1.13. The van der Waals surface area contributed by atoms with Crippen molar-refractivity contribution in [3.8, 4) is 0 Å². The molecule has 1 aliphatic carbocycles. The summed E-state index contributed by atoms with van der Waals surface area (Å²) < 4.78 is 31.1. The van der Waals surface area contributed by atoms with Crippen LogP contribution in [-0.4, -0.2) is 20.2 Å². The highest BCUT2D eigenvalue weighted by molar-refractivity contribution is 7.80. The van der Waals surface area contributed by atoms with Crippen LogP contribution in [0.15, 0.2) is 0 Å². The van der Waals surface area contributed by atoms with Gasteiger partial charge in [-0.05, 0) is 17.5 Å². The maximum atomic E-state index is 11.6. The third kappa shape index (κ3) is 0.978. The van der Waals surface area contributed by atoms with Gasteiger partial charge in [0.05, 0.1) is 5.25 Å². The molecule has 42 valence electrons. The van der Waals surface area contributed by atoms with E-state index in [2.05, 4.69) is 0 Å². The Hall–Kier alpha value is 0.0400. The Bertz CT molecular complexity index is 105. The predicted octanol–water partition coefficient (Wildman–Crippen LogP) is -0.0241. The summed E-state index contributed by atoms with van der Waals surface area (Å²) in [5.41, 5.74) is 0. The maximum Gasteiger partial charge on any atom is 0.115 e. The maximum absolute atomic E-state index is 11.6. The molecule has 1 rings (SSSR count). The largest absolute Gasteiger partial charge is 0.772 e. The minimum absolute atomic E-state index is 0.204. The van der Waals surface area contributed by atoms with Crippen molar-refractivity contribution < 1.29 is 13.2 Å². The minimum Gasteiger partial charge on any atom is -0.772 e. The smallest absolute Gasteiger partial charge is 0.115 e. The van der Waals surface area contributed by atoms with Crippen molar-refractivity contribution in [2.45, 2.75) is 17.8 Å². The van der Waals surface area contributed by atoms with E-state index in [4.69, 9.17) is 0 Å². The average Bonchev–Trinajstić information content (AvgIpc) is 2.17. The molecule has 7 heavy (non-hydrogen) atoms. The van der Waals surface area contributed by atoms with Crippen LogP contribution in [-0.2, 0) is 11.1 Å². The van der Waals surface area contributed by atoms with Crippen molar-refractivity contribution in [1.82, 2.24) is 0 Å². The first-order valence-corrected chi connectivity index (χ1v) is 3.08. The SMILES string of the molecule is O=S([O-])[C@@H]1C[C@H]1F. The first-order valence-electron chi connectivity index (χ1n) is 1.94. The van der Waals surface area contributed by atoms with Gasteiger partial charge in [-0.15, -0.1) is 0 Å². The number of halogens is 1. The predicted molar refractivity (Wildman–Crippen MR) is 22.2 cm³/mol. The summed E-state index contributed by atoms with van der Waals surface area (Å²) in [4.78, 5) is 0. The minimum atomic E-state index is -2.16. The summed E-state index contributed by atoms with van der Waals surface area (Å²) in [7, 11) is 0. The first-order chi connectivity index (χ1) is 3.22. The Morgan fingerprint density at radius 2 is 2.29 bits per heavy atom. The van der Waals surface area contributed by atoms with Gasteiger partial charge in [-0.3, -0.25) is 4.21 Å². The van der Waals surface area contributed by atoms with Crippen LogP contribution in [0.2, 0.25) is 0 Å². The highest BCUT2D eigenvalue weighted by Gasteiger charge is 2.38. The van der Waals surface area contributed by atoms with Crippen LogP contribution in [0.3, 0.4) is 0 Å². The molecule has 0 aromatic carbocycles. The van der Waals surface area contributed by atoms with Crippen LogP contribution in [0.5, 0.6) is 0 Å². The first kappa shape index (κ1) is 5.18. The van der Waals surface area contributed by atoms with Crippen molar-refractivity contribution in [3.63, 3.8) is 0 Å². The van der Waals surface area contributed by atoms with E-state index < -0.39 is 22.5 Å².